The van der Waals surface area contributed by atoms with Gasteiger partial charge in [0.1, 0.15) is 0 Å². The predicted octanol–water partition coefficient (Wildman–Crippen LogP) is -2.62. The Balaban J connectivity index is -0.000000466. The van der Waals surface area contributed by atoms with Gasteiger partial charge in [-0.25, -0.2) is 9.59 Å². The highest BCUT2D eigenvalue weighted by atomic mass is 16.5. The fraction of sp³-hybridized carbons (Fsp3) is 0.632. The fourth-order valence-corrected chi connectivity index (χ4v) is 1.40. The van der Waals surface area contributed by atoms with E-state index in [9.17, 15) is 14.4 Å². The van der Waals surface area contributed by atoms with E-state index in [-0.39, 0.29) is 18.8 Å². The van der Waals surface area contributed by atoms with E-state index in [1.807, 2.05) is 0 Å². The first kappa shape index (κ1) is 34.2. The maximum atomic E-state index is 9.87. The van der Waals surface area contributed by atoms with Gasteiger partial charge in [0, 0.05) is 11.6 Å². The van der Waals surface area contributed by atoms with Crippen LogP contribution in [0.3, 0.4) is 0 Å². The number of esters is 1. The summed E-state index contributed by atoms with van der Waals surface area (Å²) < 4.78 is 9.29. The molecule has 0 atom stereocenters. The van der Waals surface area contributed by atoms with Crippen molar-refractivity contribution in [3.63, 3.8) is 0 Å². The summed E-state index contributed by atoms with van der Waals surface area (Å²) in [6.07, 6.45) is 0.606. The first-order valence-electron chi connectivity index (χ1n) is 8.98. The van der Waals surface area contributed by atoms with Gasteiger partial charge in [-0.2, -0.15) is 0 Å². The summed E-state index contributed by atoms with van der Waals surface area (Å²) >= 11 is 0. The average Bonchev–Trinajstić information content (AvgIpc) is 2.80. The third-order valence-electron chi connectivity index (χ3n) is 3.86. The predicted molar refractivity (Wildman–Crippen MR) is 109 cm³/mol. The number of hydrogen-bond acceptors (Lipinski definition) is 11. The van der Waals surface area contributed by atoms with Crippen molar-refractivity contribution in [1.29, 1.82) is 0 Å². The Labute approximate surface area is 185 Å². The van der Waals surface area contributed by atoms with E-state index >= 15 is 0 Å². The third kappa shape index (κ3) is 15.4. The van der Waals surface area contributed by atoms with Gasteiger partial charge in [0.15, 0.2) is 0 Å². The molecule has 13 nitrogen and oxygen atoms in total. The molecule has 0 amide bonds. The zero-order valence-electron chi connectivity index (χ0n) is 18.0. The highest BCUT2D eigenvalue weighted by Crippen LogP contribution is 2.19. The van der Waals surface area contributed by atoms with Gasteiger partial charge >= 0.3 is 17.9 Å². The lowest BCUT2D eigenvalue weighted by Gasteiger charge is -2.31. The molecule has 0 heterocycles. The highest BCUT2D eigenvalue weighted by Gasteiger charge is 2.32. The first-order chi connectivity index (χ1) is 14.9. The number of hydrogen-bond donors (Lipinski definition) is 8. The average molecular weight is 470 g/mol. The van der Waals surface area contributed by atoms with Crippen LogP contribution in [-0.4, -0.2) is 119 Å². The Morgan fingerprint density at radius 1 is 0.812 bits per heavy atom. The topological polar surface area (TPSA) is 232 Å². The molecule has 0 spiro atoms. The lowest BCUT2D eigenvalue weighted by molar-refractivity contribution is -0.139. The smallest absolute Gasteiger partial charge is 0.331 e. The summed E-state index contributed by atoms with van der Waals surface area (Å²) in [4.78, 5) is 29.5. The Hall–Kier alpha value is -2.39. The van der Waals surface area contributed by atoms with Crippen LogP contribution < -0.4 is 0 Å². The van der Waals surface area contributed by atoms with Gasteiger partial charge in [0.05, 0.1) is 77.2 Å². The van der Waals surface area contributed by atoms with Crippen molar-refractivity contribution in [2.24, 2.45) is 10.8 Å². The summed E-state index contributed by atoms with van der Waals surface area (Å²) in [5, 5.41) is 70.3. The second-order valence-electron chi connectivity index (χ2n) is 6.65. The zero-order valence-corrected chi connectivity index (χ0v) is 18.0. The summed E-state index contributed by atoms with van der Waals surface area (Å²) in [6.45, 7) is 3.17. The molecule has 0 bridgehead atoms. The lowest BCUT2D eigenvalue weighted by Crippen LogP contribution is -2.43. The molecule has 0 rings (SSSR count). The van der Waals surface area contributed by atoms with Crippen LogP contribution in [0.2, 0.25) is 0 Å². The van der Waals surface area contributed by atoms with Crippen LogP contribution in [0.15, 0.2) is 24.8 Å². The van der Waals surface area contributed by atoms with Gasteiger partial charge in [-0.05, 0) is 0 Å². The molecular weight excluding hydrogens is 436 g/mol. The van der Waals surface area contributed by atoms with Gasteiger partial charge in [-0.1, -0.05) is 13.2 Å². The van der Waals surface area contributed by atoms with Crippen LogP contribution in [-0.2, 0) is 23.9 Å². The molecule has 0 unspecified atom stereocenters. The number of aliphatic hydroxyl groups excluding tert-OH is 6. The fourth-order valence-electron chi connectivity index (χ4n) is 1.40. The Kier molecular flexibility index (Phi) is 20.7. The SMILES string of the molecule is C=C(CC(=O)O)C(=O)O.C=CC(=O)OC.OCC(CO)(CO)COCC(CO)(CO)CO. The van der Waals surface area contributed by atoms with Crippen LogP contribution in [0.25, 0.3) is 0 Å². The second kappa shape index (κ2) is 19.3. The number of aliphatic hydroxyl groups is 6. The highest BCUT2D eigenvalue weighted by molar-refractivity contribution is 5.91. The minimum Gasteiger partial charge on any atom is -0.481 e. The van der Waals surface area contributed by atoms with E-state index in [1.54, 1.807) is 0 Å². The number of ether oxygens (including phenoxy) is 2. The molecule has 0 saturated heterocycles. The number of rotatable bonds is 14. The maximum Gasteiger partial charge on any atom is 0.331 e. The van der Waals surface area contributed by atoms with E-state index < -0.39 is 74.8 Å². The molecule has 0 aliphatic heterocycles. The van der Waals surface area contributed by atoms with Crippen LogP contribution in [0, 0.1) is 10.8 Å². The van der Waals surface area contributed by atoms with Gasteiger partial charge in [0.25, 0.3) is 0 Å². The molecule has 188 valence electrons. The number of carbonyl (C=O) groups excluding carboxylic acids is 1. The zero-order chi connectivity index (χ0) is 25.8. The number of carboxylic acids is 2. The second-order valence-corrected chi connectivity index (χ2v) is 6.65. The summed E-state index contributed by atoms with van der Waals surface area (Å²) in [5.41, 5.74) is -2.62. The number of methoxy groups -OCH3 is 1. The van der Waals surface area contributed by atoms with E-state index in [2.05, 4.69) is 17.9 Å². The van der Waals surface area contributed by atoms with Crippen molar-refractivity contribution in [2.45, 2.75) is 6.42 Å². The van der Waals surface area contributed by atoms with Crippen molar-refractivity contribution in [3.8, 4) is 0 Å². The van der Waals surface area contributed by atoms with Crippen molar-refractivity contribution >= 4 is 17.9 Å². The minimum atomic E-state index is -1.27. The molecule has 0 radical (unpaired) electrons. The molecule has 13 heteroatoms. The van der Waals surface area contributed by atoms with Crippen molar-refractivity contribution in [2.75, 3.05) is 60.0 Å². The Bertz CT molecular complexity index is 529. The van der Waals surface area contributed by atoms with Crippen LogP contribution in [0.4, 0.5) is 0 Å². The van der Waals surface area contributed by atoms with Gasteiger partial charge < -0.3 is 50.3 Å². The van der Waals surface area contributed by atoms with Crippen LogP contribution in [0.1, 0.15) is 6.42 Å². The molecule has 0 aromatic carbocycles. The molecule has 0 aliphatic carbocycles. The van der Waals surface area contributed by atoms with Gasteiger partial charge in [-0.3, -0.25) is 4.79 Å². The largest absolute Gasteiger partial charge is 0.481 e. The molecule has 0 aliphatic rings. The third-order valence-corrected chi connectivity index (χ3v) is 3.86. The quantitative estimate of drug-likeness (QED) is 0.0960. The maximum absolute atomic E-state index is 9.87. The normalized spacial score (nSPS) is 10.6. The monoisotopic (exact) mass is 470 g/mol. The molecule has 0 fully saturated rings. The number of carboxylic acid groups (broad SMARTS) is 2. The van der Waals surface area contributed by atoms with E-state index in [1.165, 1.54) is 7.11 Å². The van der Waals surface area contributed by atoms with E-state index in [0.29, 0.717) is 0 Å². The van der Waals surface area contributed by atoms with E-state index in [4.69, 9.17) is 45.6 Å². The molecule has 32 heavy (non-hydrogen) atoms. The molecular formula is C19H34O13. The van der Waals surface area contributed by atoms with Crippen LogP contribution >= 0.6 is 0 Å². The molecule has 0 aromatic heterocycles. The standard InChI is InChI=1S/C10H22O7.C5H6O4.C4H6O2/c11-1-9(2-12,3-13)7-17-8-10(4-14,5-15)6-16;1-3(5(8)9)2-4(6)7;1-3-4(5)6-2/h11-16H,1-8H2;1-2H2,(H,6,7)(H,8,9);3H,1H2,2H3. The summed E-state index contributed by atoms with van der Waals surface area (Å²) in [6, 6.07) is 0. The van der Waals surface area contributed by atoms with Crippen LogP contribution in [0.5, 0.6) is 0 Å². The molecule has 0 aromatic rings. The molecule has 8 N–H and O–H groups in total. The van der Waals surface area contributed by atoms with Gasteiger partial charge in [0.2, 0.25) is 0 Å². The Morgan fingerprint density at radius 2 is 1.16 bits per heavy atom. The first-order valence-corrected chi connectivity index (χ1v) is 8.98. The van der Waals surface area contributed by atoms with Crippen molar-refractivity contribution < 1.29 is 64.7 Å². The molecule has 0 saturated carbocycles. The van der Waals surface area contributed by atoms with Gasteiger partial charge in [-0.15, -0.1) is 0 Å². The Morgan fingerprint density at radius 3 is 1.28 bits per heavy atom. The number of carbonyl (C=O) groups is 3. The lowest BCUT2D eigenvalue weighted by atomic mass is 9.91. The summed E-state index contributed by atoms with van der Waals surface area (Å²) in [7, 11) is 1.31. The minimum absolute atomic E-state index is 0.141. The summed E-state index contributed by atoms with van der Waals surface area (Å²) in [5.74, 6) is -2.84. The van der Waals surface area contributed by atoms with Crippen molar-refractivity contribution in [1.82, 2.24) is 0 Å². The van der Waals surface area contributed by atoms with Crippen molar-refractivity contribution in [3.05, 3.63) is 24.8 Å². The number of aliphatic carboxylic acids is 2. The van der Waals surface area contributed by atoms with E-state index in [0.717, 1.165) is 6.08 Å².